The van der Waals surface area contributed by atoms with Gasteiger partial charge in [-0.3, -0.25) is 0 Å². The van der Waals surface area contributed by atoms with Crippen molar-refractivity contribution >= 4 is 32.4 Å². The summed E-state index contributed by atoms with van der Waals surface area (Å²) < 4.78 is 1.09. The second-order valence-electron chi connectivity index (χ2n) is 3.32. The van der Waals surface area contributed by atoms with Crippen molar-refractivity contribution in [1.29, 1.82) is 0 Å². The Balaban J connectivity index is 1.94. The molecule has 0 saturated carbocycles. The van der Waals surface area contributed by atoms with Gasteiger partial charge in [0.2, 0.25) is 0 Å². The molecular formula is C11H12BrN3S. The van der Waals surface area contributed by atoms with Crippen molar-refractivity contribution in [3.63, 3.8) is 0 Å². The van der Waals surface area contributed by atoms with Gasteiger partial charge in [-0.05, 0) is 17.7 Å². The van der Waals surface area contributed by atoms with Gasteiger partial charge in [0, 0.05) is 28.6 Å². The van der Waals surface area contributed by atoms with Crippen LogP contribution < -0.4 is 11.1 Å². The van der Waals surface area contributed by atoms with E-state index in [-0.39, 0.29) is 0 Å². The molecule has 0 aliphatic rings. The summed E-state index contributed by atoms with van der Waals surface area (Å²) in [6, 6.07) is 8.22. The number of rotatable bonds is 4. The highest BCUT2D eigenvalue weighted by atomic mass is 79.9. The van der Waals surface area contributed by atoms with Crippen LogP contribution in [0.3, 0.4) is 0 Å². The van der Waals surface area contributed by atoms with Crippen LogP contribution in [-0.2, 0) is 13.1 Å². The fourth-order valence-electron chi connectivity index (χ4n) is 1.26. The summed E-state index contributed by atoms with van der Waals surface area (Å²) in [6.45, 7) is 1.34. The molecule has 1 aromatic carbocycles. The van der Waals surface area contributed by atoms with E-state index in [4.69, 9.17) is 5.73 Å². The van der Waals surface area contributed by atoms with E-state index in [1.165, 1.54) is 5.56 Å². The summed E-state index contributed by atoms with van der Waals surface area (Å²) in [4.78, 5) is 5.33. The summed E-state index contributed by atoms with van der Waals surface area (Å²) in [7, 11) is 0. The van der Waals surface area contributed by atoms with E-state index in [2.05, 4.69) is 38.4 Å². The molecule has 0 spiro atoms. The van der Waals surface area contributed by atoms with Crippen molar-refractivity contribution in [3.05, 3.63) is 45.4 Å². The Kier molecular flexibility index (Phi) is 3.93. The molecule has 16 heavy (non-hydrogen) atoms. The zero-order valence-corrected chi connectivity index (χ0v) is 11.0. The Morgan fingerprint density at radius 3 is 2.69 bits per heavy atom. The first-order chi connectivity index (χ1) is 7.78. The van der Waals surface area contributed by atoms with Crippen LogP contribution in [-0.4, -0.2) is 4.98 Å². The Bertz CT molecular complexity index is 453. The third kappa shape index (κ3) is 3.04. The van der Waals surface area contributed by atoms with Gasteiger partial charge in [0.15, 0.2) is 5.13 Å². The second kappa shape index (κ2) is 5.43. The van der Waals surface area contributed by atoms with Crippen molar-refractivity contribution in [3.8, 4) is 0 Å². The molecule has 0 aliphatic heterocycles. The molecule has 2 rings (SSSR count). The molecule has 0 unspecified atom stereocenters. The number of hydrogen-bond acceptors (Lipinski definition) is 4. The van der Waals surface area contributed by atoms with E-state index in [1.807, 2.05) is 18.3 Å². The molecule has 0 aliphatic carbocycles. The largest absolute Gasteiger partial charge is 0.357 e. The van der Waals surface area contributed by atoms with Crippen molar-refractivity contribution in [2.24, 2.45) is 5.73 Å². The highest BCUT2D eigenvalue weighted by molar-refractivity contribution is 9.10. The van der Waals surface area contributed by atoms with Crippen LogP contribution in [0, 0.1) is 0 Å². The first kappa shape index (κ1) is 11.6. The Morgan fingerprint density at radius 2 is 2.06 bits per heavy atom. The van der Waals surface area contributed by atoms with Gasteiger partial charge in [0.05, 0.1) is 0 Å². The quantitative estimate of drug-likeness (QED) is 0.912. The third-order valence-corrected chi connectivity index (χ3v) is 3.62. The topological polar surface area (TPSA) is 50.9 Å². The van der Waals surface area contributed by atoms with Crippen LogP contribution in [0.25, 0.3) is 0 Å². The molecule has 2 aromatic rings. The Labute approximate surface area is 107 Å². The molecule has 5 heteroatoms. The average Bonchev–Trinajstić information content (AvgIpc) is 2.76. The standard InChI is InChI=1S/C11H12BrN3S/c12-9-3-1-8(2-4-9)6-14-11-15-7-10(5-13)16-11/h1-4,7H,5-6,13H2,(H,14,15). The van der Waals surface area contributed by atoms with E-state index in [0.29, 0.717) is 6.54 Å². The number of aromatic nitrogens is 1. The molecule has 3 nitrogen and oxygen atoms in total. The predicted molar refractivity (Wildman–Crippen MR) is 71.5 cm³/mol. The Morgan fingerprint density at radius 1 is 1.31 bits per heavy atom. The van der Waals surface area contributed by atoms with Gasteiger partial charge in [-0.15, -0.1) is 11.3 Å². The van der Waals surface area contributed by atoms with E-state index in [0.717, 1.165) is 21.0 Å². The van der Waals surface area contributed by atoms with Crippen LogP contribution in [0.4, 0.5) is 5.13 Å². The molecule has 0 fully saturated rings. The molecule has 0 bridgehead atoms. The van der Waals surface area contributed by atoms with Gasteiger partial charge in [-0.25, -0.2) is 4.98 Å². The van der Waals surface area contributed by atoms with Crippen LogP contribution in [0.2, 0.25) is 0 Å². The Hall–Kier alpha value is -0.910. The maximum absolute atomic E-state index is 5.52. The smallest absolute Gasteiger partial charge is 0.183 e. The lowest BCUT2D eigenvalue weighted by Gasteiger charge is -2.02. The van der Waals surface area contributed by atoms with Crippen molar-refractivity contribution < 1.29 is 0 Å². The van der Waals surface area contributed by atoms with Crippen molar-refractivity contribution in [2.75, 3.05) is 5.32 Å². The molecule has 0 atom stereocenters. The highest BCUT2D eigenvalue weighted by Gasteiger charge is 1.99. The van der Waals surface area contributed by atoms with Gasteiger partial charge in [-0.1, -0.05) is 28.1 Å². The predicted octanol–water partition coefficient (Wildman–Crippen LogP) is 2.98. The van der Waals surface area contributed by atoms with E-state index in [9.17, 15) is 0 Å². The molecule has 0 radical (unpaired) electrons. The SMILES string of the molecule is NCc1cnc(NCc2ccc(Br)cc2)s1. The first-order valence-electron chi connectivity index (χ1n) is 4.91. The van der Waals surface area contributed by atoms with Crippen molar-refractivity contribution in [1.82, 2.24) is 4.98 Å². The summed E-state index contributed by atoms with van der Waals surface area (Å²) in [5.41, 5.74) is 6.75. The zero-order valence-electron chi connectivity index (χ0n) is 8.61. The normalized spacial score (nSPS) is 10.4. The molecule has 84 valence electrons. The van der Waals surface area contributed by atoms with Crippen LogP contribution >= 0.6 is 27.3 Å². The maximum Gasteiger partial charge on any atom is 0.183 e. The van der Waals surface area contributed by atoms with Gasteiger partial charge >= 0.3 is 0 Å². The van der Waals surface area contributed by atoms with Crippen LogP contribution in [0.5, 0.6) is 0 Å². The summed E-state index contributed by atoms with van der Waals surface area (Å²) in [6.07, 6.45) is 1.81. The number of nitrogens with zero attached hydrogens (tertiary/aromatic N) is 1. The number of anilines is 1. The fraction of sp³-hybridized carbons (Fsp3) is 0.182. The number of halogens is 1. The zero-order chi connectivity index (χ0) is 11.4. The minimum atomic E-state index is 0.553. The molecule has 1 heterocycles. The fourth-order valence-corrected chi connectivity index (χ4v) is 2.21. The number of benzene rings is 1. The van der Waals surface area contributed by atoms with Crippen LogP contribution in [0.15, 0.2) is 34.9 Å². The summed E-state index contributed by atoms with van der Waals surface area (Å²) in [5.74, 6) is 0. The van der Waals surface area contributed by atoms with Crippen LogP contribution in [0.1, 0.15) is 10.4 Å². The molecule has 0 amide bonds. The number of hydrogen-bond donors (Lipinski definition) is 2. The molecule has 3 N–H and O–H groups in total. The van der Waals surface area contributed by atoms with E-state index in [1.54, 1.807) is 11.3 Å². The monoisotopic (exact) mass is 297 g/mol. The molecular weight excluding hydrogens is 286 g/mol. The first-order valence-corrected chi connectivity index (χ1v) is 6.52. The minimum Gasteiger partial charge on any atom is -0.357 e. The average molecular weight is 298 g/mol. The highest BCUT2D eigenvalue weighted by Crippen LogP contribution is 2.18. The van der Waals surface area contributed by atoms with Gasteiger partial charge < -0.3 is 11.1 Å². The molecule has 1 aromatic heterocycles. The lowest BCUT2D eigenvalue weighted by molar-refractivity contribution is 1.09. The van der Waals surface area contributed by atoms with Crippen molar-refractivity contribution in [2.45, 2.75) is 13.1 Å². The lowest BCUT2D eigenvalue weighted by Crippen LogP contribution is -1.98. The van der Waals surface area contributed by atoms with E-state index >= 15 is 0 Å². The summed E-state index contributed by atoms with van der Waals surface area (Å²) >= 11 is 5.01. The summed E-state index contributed by atoms with van der Waals surface area (Å²) in [5, 5.41) is 4.19. The maximum atomic E-state index is 5.52. The van der Waals surface area contributed by atoms with E-state index < -0.39 is 0 Å². The second-order valence-corrected chi connectivity index (χ2v) is 5.35. The molecule has 0 saturated heterocycles. The van der Waals surface area contributed by atoms with Gasteiger partial charge in [-0.2, -0.15) is 0 Å². The minimum absolute atomic E-state index is 0.553. The van der Waals surface area contributed by atoms with Gasteiger partial charge in [0.1, 0.15) is 0 Å². The lowest BCUT2D eigenvalue weighted by atomic mass is 10.2. The third-order valence-electron chi connectivity index (χ3n) is 2.11. The van der Waals surface area contributed by atoms with Gasteiger partial charge in [0.25, 0.3) is 0 Å². The number of nitrogens with two attached hydrogens (primary N) is 1. The number of thiazole rings is 1. The number of nitrogens with one attached hydrogen (secondary N) is 1.